The summed E-state index contributed by atoms with van der Waals surface area (Å²) < 4.78 is 0. The highest BCUT2D eigenvalue weighted by molar-refractivity contribution is 5.74. The summed E-state index contributed by atoms with van der Waals surface area (Å²) in [6.07, 6.45) is 6.68. The van der Waals surface area contributed by atoms with Gasteiger partial charge in [-0.1, -0.05) is 87.4 Å². The molecule has 0 radical (unpaired) electrons. The molecule has 1 aliphatic carbocycles. The Labute approximate surface area is 180 Å². The zero-order valence-corrected chi connectivity index (χ0v) is 18.1. The summed E-state index contributed by atoms with van der Waals surface area (Å²) >= 11 is 0. The van der Waals surface area contributed by atoms with Crippen molar-refractivity contribution in [2.75, 3.05) is 0 Å². The summed E-state index contributed by atoms with van der Waals surface area (Å²) in [7, 11) is 0. The van der Waals surface area contributed by atoms with Gasteiger partial charge in [-0.25, -0.2) is 0 Å². The number of rotatable bonds is 7. The minimum absolute atomic E-state index is 0.534. The number of benzene rings is 2. The van der Waals surface area contributed by atoms with Crippen LogP contribution in [0.25, 0.3) is 11.1 Å². The topological polar surface area (TPSA) is 36.7 Å². The molecule has 1 heterocycles. The maximum absolute atomic E-state index is 10.4. The van der Waals surface area contributed by atoms with Gasteiger partial charge >= 0.3 is 0 Å². The van der Waals surface area contributed by atoms with Crippen LogP contribution >= 0.6 is 0 Å². The van der Waals surface area contributed by atoms with Gasteiger partial charge in [-0.3, -0.25) is 4.98 Å². The molecule has 0 aliphatic heterocycles. The van der Waals surface area contributed by atoms with Gasteiger partial charge in [0.2, 0.25) is 0 Å². The zero-order valence-electron chi connectivity index (χ0n) is 18.1. The van der Waals surface area contributed by atoms with Crippen molar-refractivity contribution in [1.82, 2.24) is 4.98 Å². The number of fused-ring (bicyclic) bond motifs is 1. The van der Waals surface area contributed by atoms with Gasteiger partial charge in [-0.2, -0.15) is 5.26 Å². The zero-order chi connectivity index (χ0) is 21.0. The second kappa shape index (κ2) is 8.84. The molecule has 2 heteroatoms. The van der Waals surface area contributed by atoms with E-state index in [1.54, 1.807) is 0 Å². The maximum Gasteiger partial charge on any atom is 0.104 e. The number of hydrogen-bond acceptors (Lipinski definition) is 2. The second-order valence-corrected chi connectivity index (χ2v) is 8.46. The van der Waals surface area contributed by atoms with Crippen LogP contribution in [0.4, 0.5) is 0 Å². The van der Waals surface area contributed by atoms with Crippen LogP contribution in [-0.4, -0.2) is 4.98 Å². The first kappa shape index (κ1) is 20.4. The minimum atomic E-state index is -0.534. The highest BCUT2D eigenvalue weighted by Gasteiger charge is 2.43. The predicted octanol–water partition coefficient (Wildman–Crippen LogP) is 6.60. The molecular weight excluding hydrogens is 364 g/mol. The van der Waals surface area contributed by atoms with E-state index >= 15 is 0 Å². The molecule has 1 aliphatic rings. The lowest BCUT2D eigenvalue weighted by Crippen LogP contribution is -2.26. The van der Waals surface area contributed by atoms with Crippen LogP contribution in [0.5, 0.6) is 0 Å². The van der Waals surface area contributed by atoms with E-state index in [2.05, 4.69) is 74.5 Å². The van der Waals surface area contributed by atoms with Crippen molar-refractivity contribution in [3.05, 3.63) is 88.7 Å². The molecule has 2 aromatic carbocycles. The molecule has 0 spiro atoms. The molecule has 1 aromatic heterocycles. The van der Waals surface area contributed by atoms with Gasteiger partial charge in [0.05, 0.1) is 11.8 Å². The first-order valence-electron chi connectivity index (χ1n) is 11.3. The molecule has 0 unspecified atom stereocenters. The predicted molar refractivity (Wildman–Crippen MR) is 123 cm³/mol. The smallest absolute Gasteiger partial charge is 0.104 e. The average Bonchev–Trinajstić information content (AvgIpc) is 3.14. The molecule has 0 amide bonds. The standard InChI is InChI=1S/C28H30N2/c1-3-11-23-25(12-4-2)30-27-24(26(23)22-15-9-6-10-16-22)17-18-28(27,20-29)19-21-13-7-5-8-14-21/h5-10,13-16H,3-4,11-12,17-19H2,1-2H3/t28-/m0/s1. The molecule has 0 fully saturated rings. The second-order valence-electron chi connectivity index (χ2n) is 8.46. The van der Waals surface area contributed by atoms with Crippen molar-refractivity contribution < 1.29 is 0 Å². The number of nitrogens with zero attached hydrogens (tertiary/aromatic N) is 2. The highest BCUT2D eigenvalue weighted by Crippen LogP contribution is 2.46. The third-order valence-corrected chi connectivity index (χ3v) is 6.35. The van der Waals surface area contributed by atoms with Gasteiger partial charge in [0, 0.05) is 5.69 Å². The van der Waals surface area contributed by atoms with Crippen molar-refractivity contribution >= 4 is 0 Å². The van der Waals surface area contributed by atoms with Gasteiger partial charge in [0.1, 0.15) is 5.41 Å². The Bertz CT molecular complexity index is 1050. The quantitative estimate of drug-likeness (QED) is 0.452. The van der Waals surface area contributed by atoms with E-state index in [0.717, 1.165) is 50.6 Å². The van der Waals surface area contributed by atoms with E-state index in [4.69, 9.17) is 4.98 Å². The highest BCUT2D eigenvalue weighted by atomic mass is 14.8. The van der Waals surface area contributed by atoms with E-state index in [9.17, 15) is 5.26 Å². The van der Waals surface area contributed by atoms with Crippen molar-refractivity contribution in [2.24, 2.45) is 0 Å². The van der Waals surface area contributed by atoms with Crippen LogP contribution in [-0.2, 0) is 31.1 Å². The van der Waals surface area contributed by atoms with E-state index in [0.29, 0.717) is 0 Å². The minimum Gasteiger partial charge on any atom is -0.256 e. The Kier molecular flexibility index (Phi) is 6.00. The Balaban J connectivity index is 1.94. The van der Waals surface area contributed by atoms with Crippen molar-refractivity contribution in [2.45, 2.75) is 64.2 Å². The van der Waals surface area contributed by atoms with Crippen molar-refractivity contribution in [3.63, 3.8) is 0 Å². The summed E-state index contributed by atoms with van der Waals surface area (Å²) in [4.78, 5) is 5.25. The molecule has 152 valence electrons. The Hall–Kier alpha value is -2.92. The molecule has 30 heavy (non-hydrogen) atoms. The van der Waals surface area contributed by atoms with Crippen LogP contribution in [0.1, 0.15) is 61.2 Å². The molecule has 0 bridgehead atoms. The third kappa shape index (κ3) is 3.65. The number of pyridine rings is 1. The summed E-state index contributed by atoms with van der Waals surface area (Å²) in [5, 5.41) is 10.4. The van der Waals surface area contributed by atoms with Crippen LogP contribution in [0.15, 0.2) is 60.7 Å². The monoisotopic (exact) mass is 394 g/mol. The van der Waals surface area contributed by atoms with Crippen molar-refractivity contribution in [1.29, 1.82) is 5.26 Å². The molecule has 0 saturated carbocycles. The summed E-state index contributed by atoms with van der Waals surface area (Å²) in [5.41, 5.74) is 8.25. The van der Waals surface area contributed by atoms with Gasteiger partial charge in [0.15, 0.2) is 0 Å². The fourth-order valence-electron chi connectivity index (χ4n) is 4.99. The van der Waals surface area contributed by atoms with Crippen molar-refractivity contribution in [3.8, 4) is 17.2 Å². The molecule has 4 rings (SSSR count). The maximum atomic E-state index is 10.4. The fourth-order valence-corrected chi connectivity index (χ4v) is 4.99. The summed E-state index contributed by atoms with van der Waals surface area (Å²) in [5.74, 6) is 0. The number of aromatic nitrogens is 1. The lowest BCUT2D eigenvalue weighted by atomic mass is 9.79. The Morgan fingerprint density at radius 2 is 1.60 bits per heavy atom. The summed E-state index contributed by atoms with van der Waals surface area (Å²) in [6.45, 7) is 4.46. The van der Waals surface area contributed by atoms with Crippen LogP contribution in [0, 0.1) is 11.3 Å². The normalized spacial score (nSPS) is 17.5. The lowest BCUT2D eigenvalue weighted by molar-refractivity contribution is 0.526. The molecule has 0 N–H and O–H groups in total. The van der Waals surface area contributed by atoms with E-state index in [1.165, 1.54) is 33.5 Å². The van der Waals surface area contributed by atoms with Crippen LogP contribution in [0.2, 0.25) is 0 Å². The van der Waals surface area contributed by atoms with E-state index in [-0.39, 0.29) is 0 Å². The van der Waals surface area contributed by atoms with Gasteiger partial charge < -0.3 is 0 Å². The van der Waals surface area contributed by atoms with Crippen LogP contribution in [0.3, 0.4) is 0 Å². The SMILES string of the molecule is CCCc1nc2c(c(-c3ccccc3)c1CCC)CC[C@@]2(C#N)Cc1ccccc1. The van der Waals surface area contributed by atoms with Gasteiger partial charge in [0.25, 0.3) is 0 Å². The van der Waals surface area contributed by atoms with Crippen LogP contribution < -0.4 is 0 Å². The summed E-state index contributed by atoms with van der Waals surface area (Å²) in [6, 6.07) is 23.9. The van der Waals surface area contributed by atoms with E-state index in [1.807, 2.05) is 6.07 Å². The Morgan fingerprint density at radius 3 is 2.23 bits per heavy atom. The van der Waals surface area contributed by atoms with E-state index < -0.39 is 5.41 Å². The average molecular weight is 395 g/mol. The molecule has 2 nitrogen and oxygen atoms in total. The first-order valence-corrected chi connectivity index (χ1v) is 11.3. The van der Waals surface area contributed by atoms with Gasteiger partial charge in [-0.05, 0) is 59.9 Å². The fraction of sp³-hybridized carbons (Fsp3) is 0.357. The van der Waals surface area contributed by atoms with Gasteiger partial charge in [-0.15, -0.1) is 0 Å². The number of nitriles is 1. The Morgan fingerprint density at radius 1 is 0.933 bits per heavy atom. The molecule has 3 aromatic rings. The molecule has 1 atom stereocenters. The molecular formula is C28H30N2. The first-order chi connectivity index (χ1) is 14.7. The number of aryl methyl sites for hydroxylation is 1. The lowest BCUT2D eigenvalue weighted by Gasteiger charge is -2.25. The largest absolute Gasteiger partial charge is 0.256 e. The third-order valence-electron chi connectivity index (χ3n) is 6.35. The number of hydrogen-bond donors (Lipinski definition) is 0. The molecule has 0 saturated heterocycles.